The van der Waals surface area contributed by atoms with Crippen LogP contribution < -0.4 is 15.9 Å². The smallest absolute Gasteiger partial charge is 0.230 e. The highest BCUT2D eigenvalue weighted by molar-refractivity contribution is 7.99. The first-order valence-electron chi connectivity index (χ1n) is 8.35. The Morgan fingerprint density at radius 3 is 2.92 bits per heavy atom. The topological polar surface area (TPSA) is 95.1 Å². The van der Waals surface area contributed by atoms with E-state index in [1.165, 1.54) is 16.4 Å². The van der Waals surface area contributed by atoms with E-state index in [0.717, 1.165) is 16.9 Å². The van der Waals surface area contributed by atoms with E-state index in [-0.39, 0.29) is 18.3 Å². The minimum absolute atomic E-state index is 0.114. The highest BCUT2D eigenvalue weighted by Crippen LogP contribution is 2.28. The maximum atomic E-state index is 11.6. The number of nitrogens with zero attached hydrogens (tertiary/aromatic N) is 3. The van der Waals surface area contributed by atoms with Crippen LogP contribution >= 0.6 is 11.8 Å². The number of benzene rings is 1. The number of rotatable bonds is 9. The highest BCUT2D eigenvalue weighted by atomic mass is 32.2. The molecule has 26 heavy (non-hydrogen) atoms. The van der Waals surface area contributed by atoms with Gasteiger partial charge in [-0.25, -0.2) is 4.68 Å². The van der Waals surface area contributed by atoms with Crippen LogP contribution in [0.1, 0.15) is 36.7 Å². The Hall–Kier alpha value is -2.48. The molecule has 0 spiro atoms. The zero-order valence-corrected chi connectivity index (χ0v) is 16.2. The second-order valence-corrected chi connectivity index (χ2v) is 7.08. The van der Waals surface area contributed by atoms with Gasteiger partial charge in [0.15, 0.2) is 5.82 Å². The number of aryl methyl sites for hydroxylation is 1. The van der Waals surface area contributed by atoms with Crippen molar-refractivity contribution in [3.05, 3.63) is 47.8 Å². The fourth-order valence-corrected chi connectivity index (χ4v) is 2.96. The van der Waals surface area contributed by atoms with Crippen LogP contribution in [0.4, 0.5) is 0 Å². The van der Waals surface area contributed by atoms with E-state index in [1.54, 1.807) is 6.08 Å². The summed E-state index contributed by atoms with van der Waals surface area (Å²) in [4.78, 5) is 11.6. The standard InChI is InChI=1S/C18H25N5O2S/c1-5-8-20-17(24)11-26-18-22-21-16(23(18)19)10-25-15-9-13(4)6-7-14(15)12(2)3/h5-7,9,12H,1,8,10-11,19H2,2-4H3,(H,20,24). The molecule has 0 aliphatic carbocycles. The molecule has 0 aliphatic heterocycles. The van der Waals surface area contributed by atoms with Crippen molar-refractivity contribution < 1.29 is 9.53 Å². The molecule has 2 aromatic rings. The Labute approximate surface area is 158 Å². The predicted octanol–water partition coefficient (Wildman–Crippen LogP) is 2.40. The molecule has 1 heterocycles. The molecule has 0 saturated carbocycles. The van der Waals surface area contributed by atoms with Gasteiger partial charge in [-0.2, -0.15) is 0 Å². The van der Waals surface area contributed by atoms with Crippen molar-refractivity contribution in [3.8, 4) is 5.75 Å². The Morgan fingerprint density at radius 1 is 1.46 bits per heavy atom. The number of nitrogens with one attached hydrogen (secondary N) is 1. The summed E-state index contributed by atoms with van der Waals surface area (Å²) in [6.45, 7) is 10.5. The van der Waals surface area contributed by atoms with Crippen LogP contribution in [0.2, 0.25) is 0 Å². The molecule has 140 valence electrons. The monoisotopic (exact) mass is 375 g/mol. The predicted molar refractivity (Wildman–Crippen MR) is 104 cm³/mol. The summed E-state index contributed by atoms with van der Waals surface area (Å²) in [5.41, 5.74) is 2.26. The fraction of sp³-hybridized carbons (Fsp3) is 0.389. The second-order valence-electron chi connectivity index (χ2n) is 6.13. The van der Waals surface area contributed by atoms with Crippen LogP contribution in [0.3, 0.4) is 0 Å². The van der Waals surface area contributed by atoms with Crippen molar-refractivity contribution in [1.29, 1.82) is 0 Å². The lowest BCUT2D eigenvalue weighted by molar-refractivity contribution is -0.118. The zero-order valence-electron chi connectivity index (χ0n) is 15.4. The minimum atomic E-state index is -0.114. The Bertz CT molecular complexity index is 773. The van der Waals surface area contributed by atoms with Crippen LogP contribution in [0, 0.1) is 6.92 Å². The number of aromatic nitrogens is 3. The molecule has 0 aliphatic rings. The van der Waals surface area contributed by atoms with E-state index >= 15 is 0 Å². The van der Waals surface area contributed by atoms with Gasteiger partial charge in [0.1, 0.15) is 12.4 Å². The van der Waals surface area contributed by atoms with Crippen LogP contribution in [0.5, 0.6) is 5.75 Å². The summed E-state index contributed by atoms with van der Waals surface area (Å²) in [6, 6.07) is 6.15. The number of carbonyl (C=O) groups excluding carboxylic acids is 1. The van der Waals surface area contributed by atoms with E-state index < -0.39 is 0 Å². The van der Waals surface area contributed by atoms with Crippen LogP contribution in [0.15, 0.2) is 36.0 Å². The quantitative estimate of drug-likeness (QED) is 0.397. The number of carbonyl (C=O) groups is 1. The van der Waals surface area contributed by atoms with Crippen molar-refractivity contribution in [2.75, 3.05) is 18.1 Å². The van der Waals surface area contributed by atoms with Crippen LogP contribution in [-0.2, 0) is 11.4 Å². The number of hydrogen-bond donors (Lipinski definition) is 2. The molecule has 0 fully saturated rings. The first-order valence-corrected chi connectivity index (χ1v) is 9.34. The number of hydrogen-bond acceptors (Lipinski definition) is 6. The maximum Gasteiger partial charge on any atom is 0.230 e. The molecule has 0 atom stereocenters. The van der Waals surface area contributed by atoms with Gasteiger partial charge < -0.3 is 15.9 Å². The van der Waals surface area contributed by atoms with E-state index in [1.807, 2.05) is 13.0 Å². The normalized spacial score (nSPS) is 10.8. The van der Waals surface area contributed by atoms with E-state index in [4.69, 9.17) is 10.6 Å². The fourth-order valence-electron chi connectivity index (χ4n) is 2.26. The molecule has 0 saturated heterocycles. The number of nitrogen functional groups attached to an aromatic ring is 1. The molecule has 0 unspecified atom stereocenters. The van der Waals surface area contributed by atoms with E-state index in [0.29, 0.717) is 23.4 Å². The Balaban J connectivity index is 1.99. The third-order valence-electron chi connectivity index (χ3n) is 3.66. The van der Waals surface area contributed by atoms with Gasteiger partial charge in [-0.3, -0.25) is 4.79 Å². The lowest BCUT2D eigenvalue weighted by atomic mass is 10.0. The highest BCUT2D eigenvalue weighted by Gasteiger charge is 2.14. The van der Waals surface area contributed by atoms with Crippen molar-refractivity contribution in [1.82, 2.24) is 20.2 Å². The number of amides is 1. The molecule has 1 aromatic heterocycles. The van der Waals surface area contributed by atoms with Gasteiger partial charge in [0.05, 0.1) is 5.75 Å². The van der Waals surface area contributed by atoms with Gasteiger partial charge in [-0.05, 0) is 30.0 Å². The third kappa shape index (κ3) is 5.26. The van der Waals surface area contributed by atoms with Crippen molar-refractivity contribution >= 4 is 17.7 Å². The van der Waals surface area contributed by atoms with Gasteiger partial charge >= 0.3 is 0 Å². The molecular formula is C18H25N5O2S. The van der Waals surface area contributed by atoms with Crippen molar-refractivity contribution in [3.63, 3.8) is 0 Å². The third-order valence-corrected chi connectivity index (χ3v) is 4.60. The number of ether oxygens (including phenoxy) is 1. The summed E-state index contributed by atoms with van der Waals surface area (Å²) in [5, 5.41) is 11.2. The molecule has 1 aromatic carbocycles. The largest absolute Gasteiger partial charge is 0.485 e. The average Bonchev–Trinajstić information content (AvgIpc) is 2.96. The molecule has 8 heteroatoms. The van der Waals surface area contributed by atoms with E-state index in [9.17, 15) is 4.79 Å². The van der Waals surface area contributed by atoms with Gasteiger partial charge in [0, 0.05) is 6.54 Å². The molecule has 2 rings (SSSR count). The molecule has 1 amide bonds. The molecule has 0 bridgehead atoms. The molecule has 0 radical (unpaired) electrons. The SMILES string of the molecule is C=CCNC(=O)CSc1nnc(COc2cc(C)ccc2C(C)C)n1N. The summed E-state index contributed by atoms with van der Waals surface area (Å²) >= 11 is 1.22. The average molecular weight is 375 g/mol. The zero-order chi connectivity index (χ0) is 19.1. The molecule has 3 N–H and O–H groups in total. The summed E-state index contributed by atoms with van der Waals surface area (Å²) < 4.78 is 7.29. The van der Waals surface area contributed by atoms with Gasteiger partial charge in [0.2, 0.25) is 11.1 Å². The Morgan fingerprint density at radius 2 is 2.23 bits per heavy atom. The van der Waals surface area contributed by atoms with Crippen LogP contribution in [0.25, 0.3) is 0 Å². The van der Waals surface area contributed by atoms with Gasteiger partial charge in [-0.15, -0.1) is 16.8 Å². The Kier molecular flexibility index (Phi) is 7.08. The summed E-state index contributed by atoms with van der Waals surface area (Å²) in [5.74, 6) is 7.78. The second kappa shape index (κ2) is 9.28. The first kappa shape index (κ1) is 19.8. The van der Waals surface area contributed by atoms with Crippen molar-refractivity contribution in [2.45, 2.75) is 38.5 Å². The van der Waals surface area contributed by atoms with E-state index in [2.05, 4.69) is 48.1 Å². The van der Waals surface area contributed by atoms with Crippen molar-refractivity contribution in [2.24, 2.45) is 0 Å². The minimum Gasteiger partial charge on any atom is -0.485 e. The maximum absolute atomic E-state index is 11.6. The summed E-state index contributed by atoms with van der Waals surface area (Å²) in [6.07, 6.45) is 1.63. The molecular weight excluding hydrogens is 350 g/mol. The number of nitrogens with two attached hydrogens (primary N) is 1. The summed E-state index contributed by atoms with van der Waals surface area (Å²) in [7, 11) is 0. The lowest BCUT2D eigenvalue weighted by Gasteiger charge is -2.14. The molecule has 7 nitrogen and oxygen atoms in total. The lowest BCUT2D eigenvalue weighted by Crippen LogP contribution is -2.25. The van der Waals surface area contributed by atoms with Gasteiger partial charge in [-0.1, -0.05) is 43.8 Å². The van der Waals surface area contributed by atoms with Crippen LogP contribution in [-0.4, -0.2) is 33.1 Å². The first-order chi connectivity index (χ1) is 12.4. The van der Waals surface area contributed by atoms with Gasteiger partial charge in [0.25, 0.3) is 0 Å². The number of thioether (sulfide) groups is 1.